The molecule has 1 aliphatic rings. The van der Waals surface area contributed by atoms with Crippen molar-refractivity contribution in [2.45, 2.75) is 52.8 Å². The lowest BCUT2D eigenvalue weighted by molar-refractivity contribution is 0.0224. The summed E-state index contributed by atoms with van der Waals surface area (Å²) < 4.78 is 7.17. The Labute approximate surface area is 113 Å². The molecule has 1 amide bonds. The van der Waals surface area contributed by atoms with Crippen LogP contribution in [0.2, 0.25) is 0 Å². The van der Waals surface area contributed by atoms with Crippen LogP contribution in [0.1, 0.15) is 39.0 Å². The van der Waals surface area contributed by atoms with Crippen LogP contribution in [-0.2, 0) is 24.2 Å². The van der Waals surface area contributed by atoms with E-state index in [-0.39, 0.29) is 6.09 Å². The van der Waals surface area contributed by atoms with Crippen molar-refractivity contribution in [2.75, 3.05) is 12.3 Å². The van der Waals surface area contributed by atoms with Gasteiger partial charge in [0.05, 0.1) is 12.2 Å². The molecule has 0 saturated heterocycles. The maximum Gasteiger partial charge on any atom is 0.410 e. The standard InChI is InChI=1S/C13H22N4O2/c1-5-17-11(14)9-8-16(7-6-10(9)15-17)12(18)19-13(2,3)4/h5-8,14H2,1-4H3. The molecule has 0 spiro atoms. The number of nitrogens with two attached hydrogens (primary N) is 1. The molecule has 1 aliphatic heterocycles. The van der Waals surface area contributed by atoms with E-state index >= 15 is 0 Å². The molecule has 0 unspecified atom stereocenters. The highest BCUT2D eigenvalue weighted by atomic mass is 16.6. The lowest BCUT2D eigenvalue weighted by Crippen LogP contribution is -2.39. The molecule has 1 aromatic heterocycles. The van der Waals surface area contributed by atoms with E-state index in [9.17, 15) is 4.79 Å². The van der Waals surface area contributed by atoms with Gasteiger partial charge < -0.3 is 15.4 Å². The zero-order valence-electron chi connectivity index (χ0n) is 12.1. The lowest BCUT2D eigenvalue weighted by atomic mass is 10.1. The van der Waals surface area contributed by atoms with Gasteiger partial charge in [-0.15, -0.1) is 0 Å². The summed E-state index contributed by atoms with van der Waals surface area (Å²) in [5.74, 6) is 0.658. The minimum absolute atomic E-state index is 0.290. The number of hydrogen-bond acceptors (Lipinski definition) is 4. The van der Waals surface area contributed by atoms with E-state index in [0.29, 0.717) is 18.9 Å². The van der Waals surface area contributed by atoms with Gasteiger partial charge in [0.1, 0.15) is 11.4 Å². The minimum Gasteiger partial charge on any atom is -0.444 e. The van der Waals surface area contributed by atoms with E-state index in [1.807, 2.05) is 27.7 Å². The van der Waals surface area contributed by atoms with Crippen molar-refractivity contribution in [3.63, 3.8) is 0 Å². The van der Waals surface area contributed by atoms with Crippen LogP contribution in [0.15, 0.2) is 0 Å². The summed E-state index contributed by atoms with van der Waals surface area (Å²) in [6.45, 7) is 9.45. The quantitative estimate of drug-likeness (QED) is 0.841. The van der Waals surface area contributed by atoms with Crippen molar-refractivity contribution in [3.05, 3.63) is 11.3 Å². The predicted octanol–water partition coefficient (Wildman–Crippen LogP) is 1.78. The Morgan fingerprint density at radius 2 is 2.16 bits per heavy atom. The molecule has 0 fully saturated rings. The maximum atomic E-state index is 12.0. The number of amides is 1. The summed E-state index contributed by atoms with van der Waals surface area (Å²) in [4.78, 5) is 13.7. The highest BCUT2D eigenvalue weighted by molar-refractivity contribution is 5.69. The molecular formula is C13H22N4O2. The first-order valence-corrected chi connectivity index (χ1v) is 6.63. The Kier molecular flexibility index (Phi) is 3.43. The van der Waals surface area contributed by atoms with E-state index in [2.05, 4.69) is 5.10 Å². The van der Waals surface area contributed by atoms with Crippen LogP contribution >= 0.6 is 0 Å². The molecule has 0 aromatic carbocycles. The second-order valence-electron chi connectivity index (χ2n) is 5.78. The first kappa shape index (κ1) is 13.7. The van der Waals surface area contributed by atoms with Gasteiger partial charge in [-0.3, -0.25) is 0 Å². The normalized spacial score (nSPS) is 15.3. The first-order valence-electron chi connectivity index (χ1n) is 6.63. The van der Waals surface area contributed by atoms with Crippen LogP contribution in [0.3, 0.4) is 0 Å². The summed E-state index contributed by atoms with van der Waals surface area (Å²) in [6, 6.07) is 0. The van der Waals surface area contributed by atoms with Gasteiger partial charge in [-0.2, -0.15) is 5.10 Å². The largest absolute Gasteiger partial charge is 0.444 e. The van der Waals surface area contributed by atoms with Crippen LogP contribution < -0.4 is 5.73 Å². The van der Waals surface area contributed by atoms with E-state index in [0.717, 1.165) is 24.2 Å². The number of aryl methyl sites for hydroxylation is 1. The zero-order chi connectivity index (χ0) is 14.2. The molecule has 19 heavy (non-hydrogen) atoms. The number of carbonyl (C=O) groups excluding carboxylic acids is 1. The van der Waals surface area contributed by atoms with Crippen molar-refractivity contribution in [2.24, 2.45) is 0 Å². The summed E-state index contributed by atoms with van der Waals surface area (Å²) in [5.41, 5.74) is 7.53. The van der Waals surface area contributed by atoms with E-state index in [1.54, 1.807) is 9.58 Å². The Morgan fingerprint density at radius 1 is 1.47 bits per heavy atom. The Balaban J connectivity index is 2.13. The molecular weight excluding hydrogens is 244 g/mol. The van der Waals surface area contributed by atoms with Crippen molar-refractivity contribution < 1.29 is 9.53 Å². The number of fused-ring (bicyclic) bond motifs is 1. The number of ether oxygens (including phenoxy) is 1. The molecule has 0 saturated carbocycles. The summed E-state index contributed by atoms with van der Waals surface area (Å²) in [6.07, 6.45) is 0.438. The predicted molar refractivity (Wildman–Crippen MR) is 72.7 cm³/mol. The van der Waals surface area contributed by atoms with Crippen molar-refractivity contribution in [1.29, 1.82) is 0 Å². The summed E-state index contributed by atoms with van der Waals surface area (Å²) >= 11 is 0. The molecule has 2 heterocycles. The van der Waals surface area contributed by atoms with E-state index < -0.39 is 5.60 Å². The highest BCUT2D eigenvalue weighted by Gasteiger charge is 2.29. The molecule has 0 atom stereocenters. The van der Waals surface area contributed by atoms with Gasteiger partial charge in [-0.1, -0.05) is 0 Å². The van der Waals surface area contributed by atoms with Gasteiger partial charge in [0.15, 0.2) is 0 Å². The number of nitrogens with zero attached hydrogens (tertiary/aromatic N) is 3. The topological polar surface area (TPSA) is 73.4 Å². The number of hydrogen-bond donors (Lipinski definition) is 1. The third-order valence-corrected chi connectivity index (χ3v) is 3.10. The lowest BCUT2D eigenvalue weighted by Gasteiger charge is -2.29. The van der Waals surface area contributed by atoms with Crippen molar-refractivity contribution in [1.82, 2.24) is 14.7 Å². The number of carbonyl (C=O) groups is 1. The average Bonchev–Trinajstić information content (AvgIpc) is 2.63. The molecule has 6 nitrogen and oxygen atoms in total. The Bertz CT molecular complexity index is 488. The molecule has 106 valence electrons. The Morgan fingerprint density at radius 3 is 2.74 bits per heavy atom. The third kappa shape index (κ3) is 2.83. The van der Waals surface area contributed by atoms with Gasteiger partial charge in [0.2, 0.25) is 0 Å². The van der Waals surface area contributed by atoms with Crippen LogP contribution in [0, 0.1) is 0 Å². The van der Waals surface area contributed by atoms with Crippen molar-refractivity contribution >= 4 is 11.9 Å². The van der Waals surface area contributed by atoms with Crippen LogP contribution in [0.25, 0.3) is 0 Å². The smallest absolute Gasteiger partial charge is 0.410 e. The van der Waals surface area contributed by atoms with Crippen LogP contribution in [0.5, 0.6) is 0 Å². The number of rotatable bonds is 1. The van der Waals surface area contributed by atoms with E-state index in [4.69, 9.17) is 10.5 Å². The van der Waals surface area contributed by atoms with Gasteiger partial charge in [0, 0.05) is 25.1 Å². The molecule has 2 N–H and O–H groups in total. The fourth-order valence-electron chi connectivity index (χ4n) is 2.17. The monoisotopic (exact) mass is 266 g/mol. The number of nitrogen functional groups attached to an aromatic ring is 1. The molecule has 0 aliphatic carbocycles. The Hall–Kier alpha value is -1.72. The number of anilines is 1. The zero-order valence-corrected chi connectivity index (χ0v) is 12.1. The summed E-state index contributed by atoms with van der Waals surface area (Å²) in [7, 11) is 0. The fraction of sp³-hybridized carbons (Fsp3) is 0.692. The van der Waals surface area contributed by atoms with Gasteiger partial charge in [-0.05, 0) is 27.7 Å². The van der Waals surface area contributed by atoms with Crippen LogP contribution in [0.4, 0.5) is 10.6 Å². The van der Waals surface area contributed by atoms with Gasteiger partial charge in [-0.25, -0.2) is 9.48 Å². The molecule has 0 radical (unpaired) electrons. The molecule has 1 aromatic rings. The summed E-state index contributed by atoms with van der Waals surface area (Å²) in [5, 5.41) is 4.45. The van der Waals surface area contributed by atoms with E-state index in [1.165, 1.54) is 0 Å². The third-order valence-electron chi connectivity index (χ3n) is 3.10. The first-order chi connectivity index (χ1) is 8.81. The van der Waals surface area contributed by atoms with Gasteiger partial charge in [0.25, 0.3) is 0 Å². The molecule has 2 rings (SSSR count). The SMILES string of the molecule is CCn1nc2c(c1N)CN(C(=O)OC(C)(C)C)CC2. The van der Waals surface area contributed by atoms with Crippen LogP contribution in [-0.4, -0.2) is 32.9 Å². The van der Waals surface area contributed by atoms with Crippen molar-refractivity contribution in [3.8, 4) is 0 Å². The maximum absolute atomic E-state index is 12.0. The highest BCUT2D eigenvalue weighted by Crippen LogP contribution is 2.25. The second kappa shape index (κ2) is 4.75. The molecule has 6 heteroatoms. The molecule has 0 bridgehead atoms. The number of aromatic nitrogens is 2. The van der Waals surface area contributed by atoms with Gasteiger partial charge >= 0.3 is 6.09 Å². The second-order valence-corrected chi connectivity index (χ2v) is 5.78. The minimum atomic E-state index is -0.476. The fourth-order valence-corrected chi connectivity index (χ4v) is 2.17. The average molecular weight is 266 g/mol.